The zero-order valence-electron chi connectivity index (χ0n) is 12.0. The lowest BCUT2D eigenvalue weighted by Crippen LogP contribution is -2.24. The lowest BCUT2D eigenvalue weighted by atomic mass is 10.2. The summed E-state index contributed by atoms with van der Waals surface area (Å²) in [5.74, 6) is -0.350. The molecule has 2 aromatic carbocycles. The number of nitrogens with one attached hydrogen (secondary N) is 1. The number of hydrogen-bond acceptors (Lipinski definition) is 4. The molecule has 2 aromatic rings. The number of halogens is 1. The number of benzene rings is 2. The third-order valence-electron chi connectivity index (χ3n) is 2.73. The van der Waals surface area contributed by atoms with E-state index in [0.29, 0.717) is 5.75 Å². The van der Waals surface area contributed by atoms with Gasteiger partial charge in [-0.15, -0.1) is 0 Å². The van der Waals surface area contributed by atoms with Crippen LogP contribution in [0.2, 0.25) is 0 Å². The minimum Gasteiger partial charge on any atom is -0.496 e. The van der Waals surface area contributed by atoms with Crippen molar-refractivity contribution >= 4 is 12.1 Å². The zero-order valence-corrected chi connectivity index (χ0v) is 12.0. The zero-order chi connectivity index (χ0) is 15.8. The lowest BCUT2D eigenvalue weighted by Gasteiger charge is -2.06. The van der Waals surface area contributed by atoms with Gasteiger partial charge in [0.25, 0.3) is 5.91 Å². The van der Waals surface area contributed by atoms with Gasteiger partial charge in [-0.1, -0.05) is 24.3 Å². The Hall–Kier alpha value is -2.89. The highest BCUT2D eigenvalue weighted by atomic mass is 19.1. The topological polar surface area (TPSA) is 59.9 Å². The van der Waals surface area contributed by atoms with Crippen molar-refractivity contribution in [2.45, 2.75) is 0 Å². The summed E-state index contributed by atoms with van der Waals surface area (Å²) >= 11 is 0. The van der Waals surface area contributed by atoms with Gasteiger partial charge < -0.3 is 9.47 Å². The first-order valence-corrected chi connectivity index (χ1v) is 6.53. The number of nitrogens with zero attached hydrogens (tertiary/aromatic N) is 1. The van der Waals surface area contributed by atoms with Gasteiger partial charge in [-0.25, -0.2) is 9.82 Å². The molecule has 0 fully saturated rings. The molecule has 1 N–H and O–H groups in total. The minimum absolute atomic E-state index is 0.0198. The molecule has 22 heavy (non-hydrogen) atoms. The van der Waals surface area contributed by atoms with Crippen LogP contribution in [0.3, 0.4) is 0 Å². The smallest absolute Gasteiger partial charge is 0.277 e. The van der Waals surface area contributed by atoms with Crippen molar-refractivity contribution in [3.05, 3.63) is 59.9 Å². The second-order valence-electron chi connectivity index (χ2n) is 4.25. The number of hydrazone groups is 1. The maximum atomic E-state index is 13.3. The number of carbonyl (C=O) groups excluding carboxylic acids is 1. The van der Waals surface area contributed by atoms with E-state index in [2.05, 4.69) is 10.5 Å². The predicted octanol–water partition coefficient (Wildman–Crippen LogP) is 2.36. The molecular formula is C16H15FN2O3. The molecule has 0 aliphatic heterocycles. The van der Waals surface area contributed by atoms with E-state index in [1.807, 2.05) is 12.1 Å². The van der Waals surface area contributed by atoms with Crippen LogP contribution in [0.25, 0.3) is 0 Å². The number of methoxy groups -OCH3 is 1. The highest BCUT2D eigenvalue weighted by Gasteiger charge is 2.05. The van der Waals surface area contributed by atoms with E-state index in [-0.39, 0.29) is 12.4 Å². The molecule has 0 saturated carbocycles. The second-order valence-corrected chi connectivity index (χ2v) is 4.25. The first-order chi connectivity index (χ1) is 10.7. The van der Waals surface area contributed by atoms with Gasteiger partial charge in [0.1, 0.15) is 5.75 Å². The van der Waals surface area contributed by atoms with Gasteiger partial charge in [-0.05, 0) is 24.3 Å². The van der Waals surface area contributed by atoms with E-state index < -0.39 is 11.7 Å². The highest BCUT2D eigenvalue weighted by molar-refractivity contribution is 5.85. The molecule has 2 rings (SSSR count). The fourth-order valence-corrected chi connectivity index (χ4v) is 1.68. The van der Waals surface area contributed by atoms with E-state index in [0.717, 1.165) is 5.56 Å². The highest BCUT2D eigenvalue weighted by Crippen LogP contribution is 2.15. The van der Waals surface area contributed by atoms with Gasteiger partial charge in [0, 0.05) is 5.56 Å². The molecule has 114 valence electrons. The lowest BCUT2D eigenvalue weighted by molar-refractivity contribution is -0.123. The molecule has 0 aromatic heterocycles. The van der Waals surface area contributed by atoms with Crippen LogP contribution in [0, 0.1) is 5.82 Å². The number of amides is 1. The van der Waals surface area contributed by atoms with Gasteiger partial charge in [0.15, 0.2) is 18.2 Å². The average molecular weight is 302 g/mol. The summed E-state index contributed by atoms with van der Waals surface area (Å²) in [4.78, 5) is 11.6. The van der Waals surface area contributed by atoms with E-state index in [1.165, 1.54) is 18.3 Å². The molecule has 0 heterocycles. The minimum atomic E-state index is -0.521. The third kappa shape index (κ3) is 4.31. The Labute approximate surface area is 127 Å². The monoisotopic (exact) mass is 302 g/mol. The van der Waals surface area contributed by atoms with Crippen molar-refractivity contribution in [1.82, 2.24) is 5.43 Å². The fraction of sp³-hybridized carbons (Fsp3) is 0.125. The van der Waals surface area contributed by atoms with Crippen LogP contribution in [-0.4, -0.2) is 25.8 Å². The van der Waals surface area contributed by atoms with Gasteiger partial charge >= 0.3 is 0 Å². The largest absolute Gasteiger partial charge is 0.496 e. The van der Waals surface area contributed by atoms with Crippen molar-refractivity contribution in [1.29, 1.82) is 0 Å². The second kappa shape index (κ2) is 7.78. The van der Waals surface area contributed by atoms with Crippen molar-refractivity contribution in [3.8, 4) is 11.5 Å². The Kier molecular flexibility index (Phi) is 5.48. The predicted molar refractivity (Wildman–Crippen MR) is 80.6 cm³/mol. The van der Waals surface area contributed by atoms with Crippen LogP contribution in [0.5, 0.6) is 11.5 Å². The maximum absolute atomic E-state index is 13.3. The van der Waals surface area contributed by atoms with Gasteiger partial charge in [0.2, 0.25) is 0 Å². The summed E-state index contributed by atoms with van der Waals surface area (Å²) in [6.07, 6.45) is 1.46. The molecule has 0 atom stereocenters. The van der Waals surface area contributed by atoms with Gasteiger partial charge in [-0.3, -0.25) is 4.79 Å². The first kappa shape index (κ1) is 15.5. The number of hydrogen-bond donors (Lipinski definition) is 1. The SMILES string of the molecule is COc1ccccc1/C=N\NC(=O)COc1ccccc1F. The standard InChI is InChI=1S/C16H15FN2O3/c1-21-14-8-4-2-6-12(14)10-18-19-16(20)11-22-15-9-5-3-7-13(15)17/h2-10H,11H2,1H3,(H,19,20)/b18-10-. The average Bonchev–Trinajstić information content (AvgIpc) is 2.54. The molecule has 0 unspecified atom stereocenters. The number of para-hydroxylation sites is 2. The summed E-state index contributed by atoms with van der Waals surface area (Å²) in [6.45, 7) is -0.329. The van der Waals surface area contributed by atoms with Crippen molar-refractivity contribution in [2.75, 3.05) is 13.7 Å². The molecule has 1 amide bonds. The Bertz CT molecular complexity index is 674. The van der Waals surface area contributed by atoms with E-state index in [1.54, 1.807) is 31.4 Å². The molecule has 6 heteroatoms. The van der Waals surface area contributed by atoms with Crippen LogP contribution in [0.15, 0.2) is 53.6 Å². The van der Waals surface area contributed by atoms with E-state index in [4.69, 9.17) is 9.47 Å². The Morgan fingerprint density at radius 3 is 2.59 bits per heavy atom. The van der Waals surface area contributed by atoms with Crippen molar-refractivity contribution in [2.24, 2.45) is 5.10 Å². The Balaban J connectivity index is 1.85. The summed E-state index contributed by atoms with van der Waals surface area (Å²) in [5.41, 5.74) is 3.02. The molecule has 0 aliphatic carbocycles. The van der Waals surface area contributed by atoms with Crippen molar-refractivity contribution in [3.63, 3.8) is 0 Å². The van der Waals surface area contributed by atoms with Gasteiger partial charge in [-0.2, -0.15) is 5.10 Å². The first-order valence-electron chi connectivity index (χ1n) is 6.53. The summed E-state index contributed by atoms with van der Waals surface area (Å²) in [7, 11) is 1.55. The Morgan fingerprint density at radius 2 is 1.86 bits per heavy atom. The Morgan fingerprint density at radius 1 is 1.18 bits per heavy atom. The van der Waals surface area contributed by atoms with Crippen LogP contribution < -0.4 is 14.9 Å². The molecule has 0 radical (unpaired) electrons. The maximum Gasteiger partial charge on any atom is 0.277 e. The summed E-state index contributed by atoms with van der Waals surface area (Å²) in [5, 5.41) is 3.81. The molecule has 0 aliphatic rings. The van der Waals surface area contributed by atoms with Crippen LogP contribution in [0.4, 0.5) is 4.39 Å². The van der Waals surface area contributed by atoms with Crippen LogP contribution in [-0.2, 0) is 4.79 Å². The van der Waals surface area contributed by atoms with Crippen LogP contribution >= 0.6 is 0 Å². The number of ether oxygens (including phenoxy) is 2. The normalized spacial score (nSPS) is 10.5. The van der Waals surface area contributed by atoms with Crippen molar-refractivity contribution < 1.29 is 18.7 Å². The summed E-state index contributed by atoms with van der Waals surface area (Å²) in [6, 6.07) is 13.1. The molecular weight excluding hydrogens is 287 g/mol. The molecule has 0 bridgehead atoms. The molecule has 0 saturated heterocycles. The fourth-order valence-electron chi connectivity index (χ4n) is 1.68. The van der Waals surface area contributed by atoms with Gasteiger partial charge in [0.05, 0.1) is 13.3 Å². The summed E-state index contributed by atoms with van der Waals surface area (Å²) < 4.78 is 23.5. The molecule has 0 spiro atoms. The molecule has 5 nitrogen and oxygen atoms in total. The van der Waals surface area contributed by atoms with Crippen LogP contribution in [0.1, 0.15) is 5.56 Å². The van der Waals surface area contributed by atoms with E-state index in [9.17, 15) is 9.18 Å². The third-order valence-corrected chi connectivity index (χ3v) is 2.73. The van der Waals surface area contributed by atoms with E-state index >= 15 is 0 Å². The quantitative estimate of drug-likeness (QED) is 0.658. The number of rotatable bonds is 6. The number of carbonyl (C=O) groups is 1.